The minimum Gasteiger partial charge on any atom is -0.318 e. The lowest BCUT2D eigenvalue weighted by Gasteiger charge is -2.26. The zero-order chi connectivity index (χ0) is 22.3. The van der Waals surface area contributed by atoms with Gasteiger partial charge >= 0.3 is 6.03 Å². The van der Waals surface area contributed by atoms with Crippen molar-refractivity contribution in [3.8, 4) is 5.69 Å². The van der Waals surface area contributed by atoms with Crippen molar-refractivity contribution < 1.29 is 18.8 Å². The smallest absolute Gasteiger partial charge is 0.318 e. The molecule has 0 bridgehead atoms. The van der Waals surface area contributed by atoms with E-state index >= 15 is 0 Å². The molecular weight excluding hydrogens is 421 g/mol. The highest BCUT2D eigenvalue weighted by Crippen LogP contribution is 2.27. The Bertz CT molecular complexity index is 1280. The van der Waals surface area contributed by atoms with Crippen molar-refractivity contribution in [3.05, 3.63) is 88.0 Å². The van der Waals surface area contributed by atoms with Gasteiger partial charge < -0.3 is 4.57 Å². The number of hydrogen-bond acceptors (Lipinski definition) is 3. The highest BCUT2D eigenvalue weighted by molar-refractivity contribution is 6.39. The molecule has 3 aromatic rings. The van der Waals surface area contributed by atoms with Gasteiger partial charge in [0, 0.05) is 22.1 Å². The first kappa shape index (κ1) is 20.6. The number of nitrogens with one attached hydrogen (secondary N) is 1. The molecule has 1 aromatic heterocycles. The van der Waals surface area contributed by atoms with Crippen LogP contribution in [-0.2, 0) is 9.59 Å². The average Bonchev–Trinajstić information content (AvgIpc) is 2.99. The van der Waals surface area contributed by atoms with Gasteiger partial charge in [0.05, 0.1) is 5.69 Å². The molecule has 4 amide bonds. The first-order chi connectivity index (χ1) is 14.8. The molecule has 0 spiro atoms. The van der Waals surface area contributed by atoms with E-state index in [0.717, 1.165) is 23.1 Å². The highest BCUT2D eigenvalue weighted by Gasteiger charge is 2.38. The lowest BCUT2D eigenvalue weighted by Crippen LogP contribution is -2.54. The predicted molar refractivity (Wildman–Crippen MR) is 116 cm³/mol. The molecule has 0 radical (unpaired) electrons. The van der Waals surface area contributed by atoms with Gasteiger partial charge in [0.15, 0.2) is 0 Å². The summed E-state index contributed by atoms with van der Waals surface area (Å²) in [5, 5.41) is 2.68. The number of rotatable bonds is 3. The normalized spacial score (nSPS) is 15.5. The number of amides is 4. The number of imide groups is 2. The molecule has 4 rings (SSSR count). The van der Waals surface area contributed by atoms with Crippen molar-refractivity contribution in [2.75, 3.05) is 4.90 Å². The Morgan fingerprint density at radius 3 is 2.45 bits per heavy atom. The van der Waals surface area contributed by atoms with Crippen LogP contribution in [0.1, 0.15) is 17.0 Å². The average molecular weight is 438 g/mol. The topological polar surface area (TPSA) is 71.4 Å². The summed E-state index contributed by atoms with van der Waals surface area (Å²) in [6.07, 6.45) is 1.40. The third-order valence-corrected chi connectivity index (χ3v) is 5.27. The van der Waals surface area contributed by atoms with Crippen molar-refractivity contribution in [2.24, 2.45) is 0 Å². The standard InChI is InChI=1S/C23H17ClFN3O3/c1-13-10-15(14(2)27(13)17-7-5-6-16(24)12-17)11-18-21(29)26-23(31)28(22(18)30)20-9-4-3-8-19(20)25/h3-12H,1-2H3,(H,26,29,31)/b18-11+. The summed E-state index contributed by atoms with van der Waals surface area (Å²) in [5.74, 6) is -2.49. The van der Waals surface area contributed by atoms with Gasteiger partial charge in [-0.25, -0.2) is 14.1 Å². The lowest BCUT2D eigenvalue weighted by atomic mass is 10.1. The number of para-hydroxylation sites is 1. The Morgan fingerprint density at radius 2 is 1.74 bits per heavy atom. The number of barbiturate groups is 1. The van der Waals surface area contributed by atoms with E-state index in [0.29, 0.717) is 15.5 Å². The van der Waals surface area contributed by atoms with Crippen LogP contribution in [-0.4, -0.2) is 22.4 Å². The van der Waals surface area contributed by atoms with E-state index in [-0.39, 0.29) is 11.3 Å². The molecule has 0 aliphatic carbocycles. The molecule has 0 atom stereocenters. The molecule has 1 N–H and O–H groups in total. The molecule has 0 unspecified atom stereocenters. The summed E-state index contributed by atoms with van der Waals surface area (Å²) in [6, 6.07) is 13.5. The van der Waals surface area contributed by atoms with E-state index in [9.17, 15) is 18.8 Å². The number of nitrogens with zero attached hydrogens (tertiary/aromatic N) is 2. The van der Waals surface area contributed by atoms with Crippen molar-refractivity contribution in [3.63, 3.8) is 0 Å². The molecule has 1 aliphatic rings. The van der Waals surface area contributed by atoms with Crippen LogP contribution < -0.4 is 10.2 Å². The molecule has 0 saturated carbocycles. The molecule has 1 fully saturated rings. The van der Waals surface area contributed by atoms with Crippen LogP contribution in [0.4, 0.5) is 14.9 Å². The zero-order valence-corrected chi connectivity index (χ0v) is 17.4. The lowest BCUT2D eigenvalue weighted by molar-refractivity contribution is -0.122. The molecule has 6 nitrogen and oxygen atoms in total. The predicted octanol–water partition coefficient (Wildman–Crippen LogP) is 4.55. The second kappa shape index (κ2) is 7.85. The Morgan fingerprint density at radius 1 is 1.00 bits per heavy atom. The van der Waals surface area contributed by atoms with Crippen LogP contribution in [0.5, 0.6) is 0 Å². The number of urea groups is 1. The molecular formula is C23H17ClFN3O3. The summed E-state index contributed by atoms with van der Waals surface area (Å²) >= 11 is 6.11. The van der Waals surface area contributed by atoms with E-state index in [2.05, 4.69) is 5.32 Å². The zero-order valence-electron chi connectivity index (χ0n) is 16.6. The minimum absolute atomic E-state index is 0.229. The largest absolute Gasteiger partial charge is 0.336 e. The Kier molecular flexibility index (Phi) is 5.20. The fourth-order valence-electron chi connectivity index (χ4n) is 3.61. The third-order valence-electron chi connectivity index (χ3n) is 5.03. The number of aromatic nitrogens is 1. The van der Waals surface area contributed by atoms with Gasteiger partial charge in [0.2, 0.25) is 0 Å². The maximum absolute atomic E-state index is 14.2. The van der Waals surface area contributed by atoms with Gasteiger partial charge in [-0.05, 0) is 61.9 Å². The molecule has 2 heterocycles. The number of aryl methyl sites for hydroxylation is 1. The summed E-state index contributed by atoms with van der Waals surface area (Å²) in [4.78, 5) is 38.3. The Labute approximate surface area is 182 Å². The van der Waals surface area contributed by atoms with Crippen LogP contribution in [0.3, 0.4) is 0 Å². The van der Waals surface area contributed by atoms with Crippen LogP contribution >= 0.6 is 11.6 Å². The molecule has 8 heteroatoms. The van der Waals surface area contributed by atoms with E-state index in [1.165, 1.54) is 24.3 Å². The molecule has 1 aliphatic heterocycles. The van der Waals surface area contributed by atoms with Crippen LogP contribution in [0.15, 0.2) is 60.2 Å². The second-order valence-corrected chi connectivity index (χ2v) is 7.49. The summed E-state index contributed by atoms with van der Waals surface area (Å²) in [6.45, 7) is 3.72. The van der Waals surface area contributed by atoms with Gasteiger partial charge in [0.25, 0.3) is 11.8 Å². The highest BCUT2D eigenvalue weighted by atomic mass is 35.5. The number of halogens is 2. The molecule has 31 heavy (non-hydrogen) atoms. The fourth-order valence-corrected chi connectivity index (χ4v) is 3.80. The van der Waals surface area contributed by atoms with Crippen molar-refractivity contribution >= 4 is 41.2 Å². The van der Waals surface area contributed by atoms with Gasteiger partial charge in [0.1, 0.15) is 11.4 Å². The van der Waals surface area contributed by atoms with Crippen LogP contribution in [0.2, 0.25) is 5.02 Å². The fraction of sp³-hybridized carbons (Fsp3) is 0.0870. The van der Waals surface area contributed by atoms with E-state index in [4.69, 9.17) is 11.6 Å². The summed E-state index contributed by atoms with van der Waals surface area (Å²) < 4.78 is 16.2. The Balaban J connectivity index is 1.79. The summed E-state index contributed by atoms with van der Waals surface area (Å²) in [7, 11) is 0. The van der Waals surface area contributed by atoms with E-state index < -0.39 is 23.7 Å². The van der Waals surface area contributed by atoms with E-state index in [1.54, 1.807) is 12.1 Å². The minimum atomic E-state index is -0.998. The number of anilines is 1. The number of benzene rings is 2. The van der Waals surface area contributed by atoms with Crippen LogP contribution in [0.25, 0.3) is 11.8 Å². The van der Waals surface area contributed by atoms with Crippen molar-refractivity contribution in [2.45, 2.75) is 13.8 Å². The van der Waals surface area contributed by atoms with Gasteiger partial charge in [-0.2, -0.15) is 0 Å². The second-order valence-electron chi connectivity index (χ2n) is 7.05. The monoisotopic (exact) mass is 437 g/mol. The first-order valence-corrected chi connectivity index (χ1v) is 9.76. The van der Waals surface area contributed by atoms with Crippen molar-refractivity contribution in [1.82, 2.24) is 9.88 Å². The molecule has 1 saturated heterocycles. The molecule has 2 aromatic carbocycles. The quantitative estimate of drug-likeness (QED) is 0.482. The number of carbonyl (C=O) groups is 3. The van der Waals surface area contributed by atoms with Gasteiger partial charge in [-0.1, -0.05) is 29.8 Å². The van der Waals surface area contributed by atoms with Gasteiger partial charge in [-0.15, -0.1) is 0 Å². The van der Waals surface area contributed by atoms with Crippen molar-refractivity contribution in [1.29, 1.82) is 0 Å². The maximum atomic E-state index is 14.2. The summed E-state index contributed by atoms with van der Waals surface area (Å²) in [5.41, 5.74) is 2.56. The first-order valence-electron chi connectivity index (χ1n) is 9.39. The Hall–Kier alpha value is -3.71. The van der Waals surface area contributed by atoms with Gasteiger partial charge in [-0.3, -0.25) is 14.9 Å². The SMILES string of the molecule is Cc1cc(/C=C2\C(=O)NC(=O)N(c3ccccc3F)C2=O)c(C)n1-c1cccc(Cl)c1. The van der Waals surface area contributed by atoms with Crippen LogP contribution in [0, 0.1) is 19.7 Å². The third kappa shape index (κ3) is 3.64. The number of carbonyl (C=O) groups excluding carboxylic acids is 3. The van der Waals surface area contributed by atoms with E-state index in [1.807, 2.05) is 36.6 Å². The number of hydrogen-bond donors (Lipinski definition) is 1. The maximum Gasteiger partial charge on any atom is 0.336 e. The molecule has 156 valence electrons.